The molecule has 2 N–H and O–H groups in total. The zero-order valence-corrected chi connectivity index (χ0v) is 16.3. The van der Waals surface area contributed by atoms with Crippen LogP contribution in [-0.4, -0.2) is 34.8 Å². The van der Waals surface area contributed by atoms with E-state index in [2.05, 4.69) is 10.6 Å². The van der Waals surface area contributed by atoms with Crippen LogP contribution in [0.25, 0.3) is 0 Å². The Kier molecular flexibility index (Phi) is 6.05. The Morgan fingerprint density at radius 1 is 1.19 bits per heavy atom. The van der Waals surface area contributed by atoms with Crippen molar-refractivity contribution in [1.82, 2.24) is 10.2 Å². The second kappa shape index (κ2) is 7.89. The molecule has 1 unspecified atom stereocenters. The molecule has 26 heavy (non-hydrogen) atoms. The second-order valence-electron chi connectivity index (χ2n) is 7.46. The number of anilines is 1. The third kappa shape index (κ3) is 4.06. The van der Waals surface area contributed by atoms with E-state index < -0.39 is 11.6 Å². The van der Waals surface area contributed by atoms with E-state index in [0.717, 1.165) is 34.6 Å². The predicted octanol–water partition coefficient (Wildman–Crippen LogP) is 3.11. The summed E-state index contributed by atoms with van der Waals surface area (Å²) in [5, 5.41) is 5.64. The lowest BCUT2D eigenvalue weighted by Crippen LogP contribution is -2.45. The smallest absolute Gasteiger partial charge is 0.324 e. The van der Waals surface area contributed by atoms with Crippen LogP contribution in [0.3, 0.4) is 0 Å². The standard InChI is InChI=1S/C20H29N3O3/c1-6-14-9-8-10-15(7-2)17(14)21-16(24)12-23-18(25)20(5,11-13(3)4)22-19(23)26/h8-10,13H,6-7,11-12H2,1-5H3,(H,21,24)(H,22,26). The molecular weight excluding hydrogens is 330 g/mol. The highest BCUT2D eigenvalue weighted by molar-refractivity contribution is 6.10. The van der Waals surface area contributed by atoms with Gasteiger partial charge in [-0.2, -0.15) is 0 Å². The maximum atomic E-state index is 12.7. The number of imide groups is 1. The fraction of sp³-hybridized carbons (Fsp3) is 0.550. The molecule has 1 heterocycles. The first kappa shape index (κ1) is 19.9. The van der Waals surface area contributed by atoms with Crippen molar-refractivity contribution in [1.29, 1.82) is 0 Å². The first-order chi connectivity index (χ1) is 12.2. The number of benzene rings is 1. The molecular formula is C20H29N3O3. The van der Waals surface area contributed by atoms with E-state index in [0.29, 0.717) is 6.42 Å². The Balaban J connectivity index is 2.14. The molecule has 0 spiro atoms. The van der Waals surface area contributed by atoms with Crippen molar-refractivity contribution >= 4 is 23.5 Å². The molecule has 1 atom stereocenters. The van der Waals surface area contributed by atoms with Crippen LogP contribution < -0.4 is 10.6 Å². The van der Waals surface area contributed by atoms with E-state index in [1.165, 1.54) is 0 Å². The summed E-state index contributed by atoms with van der Waals surface area (Å²) in [6.45, 7) is 9.48. The minimum atomic E-state index is -0.943. The largest absolute Gasteiger partial charge is 0.325 e. The van der Waals surface area contributed by atoms with Gasteiger partial charge in [-0.25, -0.2) is 4.79 Å². The Morgan fingerprint density at radius 2 is 1.77 bits per heavy atom. The number of urea groups is 1. The van der Waals surface area contributed by atoms with Gasteiger partial charge in [0, 0.05) is 5.69 Å². The molecule has 0 aliphatic carbocycles. The van der Waals surface area contributed by atoms with Gasteiger partial charge in [-0.15, -0.1) is 0 Å². The molecule has 6 nitrogen and oxygen atoms in total. The Bertz CT molecular complexity index is 692. The number of carbonyl (C=O) groups excluding carboxylic acids is 3. The topological polar surface area (TPSA) is 78.5 Å². The van der Waals surface area contributed by atoms with Gasteiger partial charge < -0.3 is 10.6 Å². The minimum absolute atomic E-state index is 0.251. The molecule has 1 aliphatic heterocycles. The molecule has 6 heteroatoms. The van der Waals surface area contributed by atoms with E-state index in [4.69, 9.17) is 0 Å². The number of hydrogen-bond acceptors (Lipinski definition) is 3. The monoisotopic (exact) mass is 359 g/mol. The SMILES string of the molecule is CCc1cccc(CC)c1NC(=O)CN1C(=O)NC(C)(CC(C)C)C1=O. The van der Waals surface area contributed by atoms with Crippen LogP contribution in [0.15, 0.2) is 18.2 Å². The summed E-state index contributed by atoms with van der Waals surface area (Å²) in [6, 6.07) is 5.42. The highest BCUT2D eigenvalue weighted by Crippen LogP contribution is 2.26. The summed E-state index contributed by atoms with van der Waals surface area (Å²) in [7, 11) is 0. The molecule has 1 aliphatic rings. The first-order valence-corrected chi connectivity index (χ1v) is 9.26. The molecule has 1 aromatic rings. The van der Waals surface area contributed by atoms with Crippen molar-refractivity contribution in [3.05, 3.63) is 29.3 Å². The molecule has 0 aromatic heterocycles. The summed E-state index contributed by atoms with van der Waals surface area (Å²) >= 11 is 0. The summed E-state index contributed by atoms with van der Waals surface area (Å²) in [5.41, 5.74) is 1.93. The van der Waals surface area contributed by atoms with Crippen LogP contribution in [0.1, 0.15) is 52.2 Å². The van der Waals surface area contributed by atoms with E-state index in [1.54, 1.807) is 6.92 Å². The fourth-order valence-electron chi connectivity index (χ4n) is 3.57. The van der Waals surface area contributed by atoms with Gasteiger partial charge in [-0.1, -0.05) is 45.9 Å². The van der Waals surface area contributed by atoms with Crippen LogP contribution in [0.2, 0.25) is 0 Å². The molecule has 0 saturated carbocycles. The van der Waals surface area contributed by atoms with Crippen molar-refractivity contribution < 1.29 is 14.4 Å². The Hall–Kier alpha value is -2.37. The summed E-state index contributed by atoms with van der Waals surface area (Å²) in [4.78, 5) is 38.5. The molecule has 0 radical (unpaired) electrons. The summed E-state index contributed by atoms with van der Waals surface area (Å²) in [6.07, 6.45) is 2.12. The highest BCUT2D eigenvalue weighted by Gasteiger charge is 2.48. The quantitative estimate of drug-likeness (QED) is 0.734. The van der Waals surface area contributed by atoms with Crippen LogP contribution in [-0.2, 0) is 22.4 Å². The van der Waals surface area contributed by atoms with Gasteiger partial charge in [-0.05, 0) is 43.2 Å². The molecule has 1 fully saturated rings. The molecule has 0 bridgehead atoms. The van der Waals surface area contributed by atoms with E-state index >= 15 is 0 Å². The number of carbonyl (C=O) groups is 3. The molecule has 1 aromatic carbocycles. The Morgan fingerprint density at radius 3 is 2.27 bits per heavy atom. The van der Waals surface area contributed by atoms with E-state index in [1.807, 2.05) is 45.9 Å². The maximum absolute atomic E-state index is 12.7. The average molecular weight is 359 g/mol. The number of amides is 4. The third-order valence-electron chi connectivity index (χ3n) is 4.73. The first-order valence-electron chi connectivity index (χ1n) is 9.26. The summed E-state index contributed by atoms with van der Waals surface area (Å²) < 4.78 is 0. The van der Waals surface area contributed by atoms with Gasteiger partial charge in [0.25, 0.3) is 5.91 Å². The normalized spacial score (nSPS) is 19.8. The summed E-state index contributed by atoms with van der Waals surface area (Å²) in [5.74, 6) is -0.453. The van der Waals surface area contributed by atoms with Crippen molar-refractivity contribution in [3.63, 3.8) is 0 Å². The number of aryl methyl sites for hydroxylation is 2. The van der Waals surface area contributed by atoms with E-state index in [-0.39, 0.29) is 24.3 Å². The molecule has 2 rings (SSSR count). The number of nitrogens with zero attached hydrogens (tertiary/aromatic N) is 1. The molecule has 1 saturated heterocycles. The van der Waals surface area contributed by atoms with Crippen molar-refractivity contribution in [2.75, 3.05) is 11.9 Å². The molecule has 4 amide bonds. The van der Waals surface area contributed by atoms with Crippen molar-refractivity contribution in [2.45, 2.75) is 59.4 Å². The lowest BCUT2D eigenvalue weighted by molar-refractivity contribution is -0.133. The van der Waals surface area contributed by atoms with Gasteiger partial charge in [0.2, 0.25) is 5.91 Å². The predicted molar refractivity (Wildman–Crippen MR) is 102 cm³/mol. The van der Waals surface area contributed by atoms with Gasteiger partial charge in [0.1, 0.15) is 12.1 Å². The van der Waals surface area contributed by atoms with Crippen LogP contribution in [0.5, 0.6) is 0 Å². The lowest BCUT2D eigenvalue weighted by atomic mass is 9.91. The van der Waals surface area contributed by atoms with Gasteiger partial charge in [0.15, 0.2) is 0 Å². The van der Waals surface area contributed by atoms with Crippen LogP contribution in [0.4, 0.5) is 10.5 Å². The van der Waals surface area contributed by atoms with Crippen LogP contribution >= 0.6 is 0 Å². The number of rotatable bonds is 7. The maximum Gasteiger partial charge on any atom is 0.325 e. The molecule has 142 valence electrons. The minimum Gasteiger partial charge on any atom is -0.324 e. The zero-order chi connectivity index (χ0) is 19.5. The van der Waals surface area contributed by atoms with E-state index in [9.17, 15) is 14.4 Å². The average Bonchev–Trinajstić information content (AvgIpc) is 2.77. The lowest BCUT2D eigenvalue weighted by Gasteiger charge is -2.23. The van der Waals surface area contributed by atoms with Gasteiger partial charge in [0.05, 0.1) is 0 Å². The van der Waals surface area contributed by atoms with Gasteiger partial charge in [-0.3, -0.25) is 14.5 Å². The number of nitrogens with one attached hydrogen (secondary N) is 2. The third-order valence-corrected chi connectivity index (χ3v) is 4.73. The second-order valence-corrected chi connectivity index (χ2v) is 7.46. The zero-order valence-electron chi connectivity index (χ0n) is 16.3. The van der Waals surface area contributed by atoms with Crippen molar-refractivity contribution in [3.8, 4) is 0 Å². The van der Waals surface area contributed by atoms with Crippen LogP contribution in [0, 0.1) is 5.92 Å². The number of para-hydroxylation sites is 1. The van der Waals surface area contributed by atoms with Gasteiger partial charge >= 0.3 is 6.03 Å². The Labute approximate surface area is 155 Å². The highest BCUT2D eigenvalue weighted by atomic mass is 16.2. The fourth-order valence-corrected chi connectivity index (χ4v) is 3.57. The van der Waals surface area contributed by atoms with Crippen molar-refractivity contribution in [2.24, 2.45) is 5.92 Å². The number of hydrogen-bond donors (Lipinski definition) is 2.